The lowest BCUT2D eigenvalue weighted by Gasteiger charge is -2.13. The van der Waals surface area contributed by atoms with Gasteiger partial charge in [-0.1, -0.05) is 6.07 Å². The summed E-state index contributed by atoms with van der Waals surface area (Å²) in [7, 11) is 0. The van der Waals surface area contributed by atoms with E-state index in [2.05, 4.69) is 6.92 Å². The molecule has 94 valence electrons. The van der Waals surface area contributed by atoms with Crippen LogP contribution in [-0.2, 0) is 17.0 Å². The molecule has 0 spiro atoms. The number of benzene rings is 1. The van der Waals surface area contributed by atoms with Crippen LogP contribution in [0.25, 0.3) is 0 Å². The van der Waals surface area contributed by atoms with Gasteiger partial charge < -0.3 is 10.5 Å². The van der Waals surface area contributed by atoms with Gasteiger partial charge in [-0.15, -0.1) is 0 Å². The Kier molecular flexibility index (Phi) is 4.42. The third kappa shape index (κ3) is 3.44. The number of ether oxygens (including phenoxy) is 1. The molecule has 1 aromatic rings. The smallest absolute Gasteiger partial charge is 0.123 e. The second-order valence-corrected chi connectivity index (χ2v) is 5.61. The zero-order chi connectivity index (χ0) is 12.3. The molecule has 1 aliphatic rings. The molecule has 2 unspecified atom stereocenters. The van der Waals surface area contributed by atoms with Crippen LogP contribution in [0.15, 0.2) is 18.2 Å². The molecule has 2 N–H and O–H groups in total. The minimum absolute atomic E-state index is 0.195. The molecule has 0 aromatic heterocycles. The molecule has 1 heterocycles. The molecule has 1 saturated heterocycles. The standard InChI is InChI=1S/C13H18FNOS/c1-9-13(2-3-16-9)17-8-11-4-10(7-15)5-12(14)6-11/h4-6,9,13H,2-3,7-8,15H2,1H3. The predicted octanol–water partition coefficient (Wildman–Crippen LogP) is 2.70. The normalized spacial score (nSPS) is 24.2. The van der Waals surface area contributed by atoms with Crippen LogP contribution in [0.4, 0.5) is 4.39 Å². The van der Waals surface area contributed by atoms with E-state index in [-0.39, 0.29) is 5.82 Å². The lowest BCUT2D eigenvalue weighted by molar-refractivity contribution is 0.127. The Morgan fingerprint density at radius 2 is 2.18 bits per heavy atom. The van der Waals surface area contributed by atoms with Gasteiger partial charge in [-0.2, -0.15) is 11.8 Å². The Morgan fingerprint density at radius 3 is 2.82 bits per heavy atom. The number of thioether (sulfide) groups is 1. The third-order valence-corrected chi connectivity index (χ3v) is 4.57. The Morgan fingerprint density at radius 1 is 1.41 bits per heavy atom. The highest BCUT2D eigenvalue weighted by atomic mass is 32.2. The van der Waals surface area contributed by atoms with Crippen LogP contribution in [-0.4, -0.2) is 18.0 Å². The van der Waals surface area contributed by atoms with Crippen molar-refractivity contribution in [1.82, 2.24) is 0 Å². The average molecular weight is 255 g/mol. The van der Waals surface area contributed by atoms with Gasteiger partial charge in [0.1, 0.15) is 5.82 Å². The van der Waals surface area contributed by atoms with Crippen molar-refractivity contribution in [2.75, 3.05) is 6.61 Å². The second kappa shape index (κ2) is 5.85. The van der Waals surface area contributed by atoms with Gasteiger partial charge in [0.25, 0.3) is 0 Å². The van der Waals surface area contributed by atoms with Gasteiger partial charge in [0, 0.05) is 24.2 Å². The largest absolute Gasteiger partial charge is 0.377 e. The van der Waals surface area contributed by atoms with Crippen LogP contribution >= 0.6 is 11.8 Å². The van der Waals surface area contributed by atoms with E-state index in [4.69, 9.17) is 10.5 Å². The summed E-state index contributed by atoms with van der Waals surface area (Å²) in [4.78, 5) is 0. The minimum Gasteiger partial charge on any atom is -0.377 e. The van der Waals surface area contributed by atoms with E-state index in [0.29, 0.717) is 17.9 Å². The van der Waals surface area contributed by atoms with Crippen molar-refractivity contribution < 1.29 is 9.13 Å². The SMILES string of the molecule is CC1OCCC1SCc1cc(F)cc(CN)c1. The average Bonchev–Trinajstić information content (AvgIpc) is 2.71. The maximum absolute atomic E-state index is 13.3. The van der Waals surface area contributed by atoms with Crippen molar-refractivity contribution >= 4 is 11.8 Å². The Hall–Kier alpha value is -0.580. The number of hydrogen-bond acceptors (Lipinski definition) is 3. The summed E-state index contributed by atoms with van der Waals surface area (Å²) < 4.78 is 18.8. The third-order valence-electron chi connectivity index (χ3n) is 3.02. The van der Waals surface area contributed by atoms with Crippen LogP contribution < -0.4 is 5.73 Å². The molecule has 1 fully saturated rings. The first-order valence-electron chi connectivity index (χ1n) is 5.90. The van der Waals surface area contributed by atoms with Gasteiger partial charge in [0.05, 0.1) is 6.10 Å². The Balaban J connectivity index is 1.96. The second-order valence-electron chi connectivity index (χ2n) is 4.39. The molecule has 1 aromatic carbocycles. The molecular formula is C13H18FNOS. The fraction of sp³-hybridized carbons (Fsp3) is 0.538. The zero-order valence-electron chi connectivity index (χ0n) is 9.99. The lowest BCUT2D eigenvalue weighted by atomic mass is 10.1. The summed E-state index contributed by atoms with van der Waals surface area (Å²) in [5.41, 5.74) is 7.40. The quantitative estimate of drug-likeness (QED) is 0.898. The van der Waals surface area contributed by atoms with Crippen molar-refractivity contribution in [3.8, 4) is 0 Å². The first-order valence-corrected chi connectivity index (χ1v) is 6.95. The van der Waals surface area contributed by atoms with Gasteiger partial charge in [-0.05, 0) is 36.6 Å². The molecule has 17 heavy (non-hydrogen) atoms. The molecule has 0 amide bonds. The number of rotatable bonds is 4. The van der Waals surface area contributed by atoms with Gasteiger partial charge in [0.15, 0.2) is 0 Å². The van der Waals surface area contributed by atoms with E-state index in [1.807, 2.05) is 17.8 Å². The molecule has 2 rings (SSSR count). The summed E-state index contributed by atoms with van der Waals surface area (Å²) in [6.45, 7) is 3.33. The van der Waals surface area contributed by atoms with E-state index in [0.717, 1.165) is 29.9 Å². The molecule has 0 aliphatic carbocycles. The molecule has 0 radical (unpaired) electrons. The van der Waals surface area contributed by atoms with E-state index in [1.54, 1.807) is 6.07 Å². The maximum atomic E-state index is 13.3. The van der Waals surface area contributed by atoms with Crippen LogP contribution in [0.3, 0.4) is 0 Å². The van der Waals surface area contributed by atoms with E-state index < -0.39 is 0 Å². The number of hydrogen-bond donors (Lipinski definition) is 1. The molecule has 0 saturated carbocycles. The van der Waals surface area contributed by atoms with Crippen LogP contribution in [0.5, 0.6) is 0 Å². The lowest BCUT2D eigenvalue weighted by Crippen LogP contribution is -2.13. The van der Waals surface area contributed by atoms with E-state index >= 15 is 0 Å². The van der Waals surface area contributed by atoms with Crippen LogP contribution in [0.1, 0.15) is 24.5 Å². The van der Waals surface area contributed by atoms with Crippen molar-refractivity contribution in [3.05, 3.63) is 35.1 Å². The van der Waals surface area contributed by atoms with Crippen molar-refractivity contribution in [2.24, 2.45) is 5.73 Å². The van der Waals surface area contributed by atoms with Gasteiger partial charge in [-0.25, -0.2) is 4.39 Å². The molecule has 2 nitrogen and oxygen atoms in total. The first-order chi connectivity index (χ1) is 8.19. The maximum Gasteiger partial charge on any atom is 0.123 e. The highest BCUT2D eigenvalue weighted by Crippen LogP contribution is 2.29. The minimum atomic E-state index is -0.195. The summed E-state index contributed by atoms with van der Waals surface area (Å²) >= 11 is 1.84. The fourth-order valence-electron chi connectivity index (χ4n) is 2.05. The molecular weight excluding hydrogens is 237 g/mol. The topological polar surface area (TPSA) is 35.2 Å². The van der Waals surface area contributed by atoms with Crippen molar-refractivity contribution in [2.45, 2.75) is 37.0 Å². The first kappa shape index (κ1) is 12.9. The van der Waals surface area contributed by atoms with Crippen LogP contribution in [0.2, 0.25) is 0 Å². The van der Waals surface area contributed by atoms with Crippen molar-refractivity contribution in [1.29, 1.82) is 0 Å². The summed E-state index contributed by atoms with van der Waals surface area (Å²) in [5, 5.41) is 0.527. The summed E-state index contributed by atoms with van der Waals surface area (Å²) in [6.07, 6.45) is 1.40. The number of nitrogens with two attached hydrogens (primary N) is 1. The van der Waals surface area contributed by atoms with Gasteiger partial charge in [0.2, 0.25) is 0 Å². The monoisotopic (exact) mass is 255 g/mol. The van der Waals surface area contributed by atoms with Crippen LogP contribution in [0, 0.1) is 5.82 Å². The highest BCUT2D eigenvalue weighted by molar-refractivity contribution is 7.99. The summed E-state index contributed by atoms with van der Waals surface area (Å²) in [6, 6.07) is 5.07. The van der Waals surface area contributed by atoms with Crippen molar-refractivity contribution in [3.63, 3.8) is 0 Å². The summed E-state index contributed by atoms with van der Waals surface area (Å²) in [5.74, 6) is 0.627. The fourth-order valence-corrected chi connectivity index (χ4v) is 3.24. The molecule has 4 heteroatoms. The molecule has 1 aliphatic heterocycles. The molecule has 2 atom stereocenters. The Labute approximate surface area is 106 Å². The van der Waals surface area contributed by atoms with Gasteiger partial charge >= 0.3 is 0 Å². The van der Waals surface area contributed by atoms with E-state index in [9.17, 15) is 4.39 Å². The zero-order valence-corrected chi connectivity index (χ0v) is 10.8. The molecule has 0 bridgehead atoms. The van der Waals surface area contributed by atoms with E-state index in [1.165, 1.54) is 6.07 Å². The number of halogens is 1. The predicted molar refractivity (Wildman–Crippen MR) is 69.4 cm³/mol. The Bertz CT molecular complexity index is 386. The highest BCUT2D eigenvalue weighted by Gasteiger charge is 2.24. The van der Waals surface area contributed by atoms with Gasteiger partial charge in [-0.3, -0.25) is 0 Å².